The fourth-order valence-corrected chi connectivity index (χ4v) is 2.73. The van der Waals surface area contributed by atoms with Crippen LogP contribution in [0.5, 0.6) is 0 Å². The van der Waals surface area contributed by atoms with Crippen LogP contribution in [-0.2, 0) is 4.79 Å². The summed E-state index contributed by atoms with van der Waals surface area (Å²) in [5.74, 6) is -1.02. The molecule has 0 amide bonds. The second kappa shape index (κ2) is 4.76. The average Bonchev–Trinajstić information content (AvgIpc) is 2.13. The summed E-state index contributed by atoms with van der Waals surface area (Å²) in [7, 11) is 0. The van der Waals surface area contributed by atoms with Crippen LogP contribution in [0, 0.1) is 28.2 Å². The van der Waals surface area contributed by atoms with E-state index >= 15 is 0 Å². The molecule has 1 N–H and O–H groups in total. The summed E-state index contributed by atoms with van der Waals surface area (Å²) in [6.45, 7) is 27.4. The van der Waals surface area contributed by atoms with Gasteiger partial charge >= 0.3 is 11.5 Å². The molecule has 0 radical (unpaired) electrons. The van der Waals surface area contributed by atoms with Crippen LogP contribution in [0.2, 0.25) is 0 Å². The molecule has 0 atom stereocenters. The van der Waals surface area contributed by atoms with Crippen molar-refractivity contribution in [1.29, 1.82) is 0 Å². The maximum atomic E-state index is 12.2. The first kappa shape index (κ1) is 19.0. The molecule has 0 aromatic carbocycles. The van der Waals surface area contributed by atoms with E-state index in [-0.39, 0.29) is 10.8 Å². The highest BCUT2D eigenvalue weighted by Crippen LogP contribution is 2.60. The van der Waals surface area contributed by atoms with E-state index in [2.05, 4.69) is 4.85 Å². The van der Waals surface area contributed by atoms with Crippen molar-refractivity contribution in [3.05, 3.63) is 11.4 Å². The van der Waals surface area contributed by atoms with Gasteiger partial charge in [0, 0.05) is 0 Å². The van der Waals surface area contributed by atoms with Crippen molar-refractivity contribution in [3.63, 3.8) is 0 Å². The van der Waals surface area contributed by atoms with Gasteiger partial charge in [0.25, 0.3) is 0 Å². The molecule has 0 aromatic heterocycles. The Labute approximate surface area is 124 Å². The molecule has 0 fully saturated rings. The fraction of sp³-hybridized carbons (Fsp3) is 0.882. The summed E-state index contributed by atoms with van der Waals surface area (Å²) in [5.41, 5.74) is -3.48. The predicted molar refractivity (Wildman–Crippen MR) is 83.4 cm³/mol. The monoisotopic (exact) mass is 281 g/mol. The molecular formula is C17H31NO2. The van der Waals surface area contributed by atoms with Gasteiger partial charge in [-0.05, 0) is 10.8 Å². The summed E-state index contributed by atoms with van der Waals surface area (Å²) in [6, 6.07) is 0. The van der Waals surface area contributed by atoms with Crippen LogP contribution in [0.15, 0.2) is 0 Å². The van der Waals surface area contributed by atoms with Crippen molar-refractivity contribution in [3.8, 4) is 0 Å². The Kier molecular flexibility index (Phi) is 4.51. The fourth-order valence-electron chi connectivity index (χ4n) is 2.73. The number of hydrogen-bond acceptors (Lipinski definition) is 1. The lowest BCUT2D eigenvalue weighted by Gasteiger charge is -2.54. The molecule has 0 bridgehead atoms. The van der Waals surface area contributed by atoms with Gasteiger partial charge in [0.15, 0.2) is 0 Å². The number of nitrogens with zero attached hydrogens (tertiary/aromatic N) is 1. The lowest BCUT2D eigenvalue weighted by Crippen LogP contribution is -2.65. The standard InChI is InChI=1S/C17H31NO2/c1-13(2,3)15(7,8)17(18-11,12(19)20)16(9,10)14(4,5)6/h1-10H3,(H,19,20). The van der Waals surface area contributed by atoms with Gasteiger partial charge in [-0.2, -0.15) is 0 Å². The van der Waals surface area contributed by atoms with Crippen molar-refractivity contribution in [2.45, 2.75) is 74.8 Å². The van der Waals surface area contributed by atoms with E-state index in [1.807, 2.05) is 69.2 Å². The van der Waals surface area contributed by atoms with Crippen molar-refractivity contribution >= 4 is 5.97 Å². The predicted octanol–water partition coefficient (Wildman–Crippen LogP) is 4.87. The van der Waals surface area contributed by atoms with E-state index in [9.17, 15) is 9.90 Å². The molecule has 0 aliphatic carbocycles. The topological polar surface area (TPSA) is 41.7 Å². The van der Waals surface area contributed by atoms with Crippen LogP contribution in [-0.4, -0.2) is 16.6 Å². The van der Waals surface area contributed by atoms with Gasteiger partial charge in [-0.1, -0.05) is 69.2 Å². The molecule has 0 saturated heterocycles. The van der Waals surface area contributed by atoms with E-state index in [1.54, 1.807) is 0 Å². The highest BCUT2D eigenvalue weighted by Gasteiger charge is 2.73. The van der Waals surface area contributed by atoms with E-state index in [1.165, 1.54) is 0 Å². The van der Waals surface area contributed by atoms with Crippen molar-refractivity contribution in [2.75, 3.05) is 0 Å². The Bertz CT molecular complexity index is 399. The molecule has 0 rings (SSSR count). The quantitative estimate of drug-likeness (QED) is 0.749. The molecule has 0 saturated carbocycles. The maximum absolute atomic E-state index is 12.2. The van der Waals surface area contributed by atoms with Crippen LogP contribution in [0.4, 0.5) is 0 Å². The number of hydrogen-bond donors (Lipinski definition) is 1. The highest BCUT2D eigenvalue weighted by molar-refractivity contribution is 5.84. The van der Waals surface area contributed by atoms with Gasteiger partial charge < -0.3 is 5.11 Å². The molecule has 0 spiro atoms. The minimum atomic E-state index is -1.49. The molecule has 20 heavy (non-hydrogen) atoms. The lowest BCUT2D eigenvalue weighted by atomic mass is 9.46. The number of carboxylic acids is 1. The third-order valence-corrected chi connectivity index (χ3v) is 6.04. The third kappa shape index (κ3) is 2.24. The zero-order valence-corrected chi connectivity index (χ0v) is 14.8. The second-order valence-corrected chi connectivity index (χ2v) is 8.88. The van der Waals surface area contributed by atoms with Crippen LogP contribution in [0.25, 0.3) is 4.85 Å². The Morgan fingerprint density at radius 3 is 1.15 bits per heavy atom. The normalized spacial score (nSPS) is 14.8. The lowest BCUT2D eigenvalue weighted by molar-refractivity contribution is -0.164. The van der Waals surface area contributed by atoms with Gasteiger partial charge in [0.05, 0.1) is 10.8 Å². The maximum Gasteiger partial charge on any atom is 0.392 e. The van der Waals surface area contributed by atoms with E-state index in [0.717, 1.165) is 0 Å². The van der Waals surface area contributed by atoms with Crippen molar-refractivity contribution < 1.29 is 9.90 Å². The van der Waals surface area contributed by atoms with Crippen molar-refractivity contribution in [1.82, 2.24) is 0 Å². The third-order valence-electron chi connectivity index (χ3n) is 6.04. The molecule has 3 heteroatoms. The Morgan fingerprint density at radius 1 is 0.800 bits per heavy atom. The summed E-state index contributed by atoms with van der Waals surface area (Å²) in [5, 5.41) is 10.0. The molecule has 0 heterocycles. The zero-order chi connectivity index (χ0) is 16.8. The van der Waals surface area contributed by atoms with Gasteiger partial charge in [0.1, 0.15) is 0 Å². The molecule has 0 aromatic rings. The molecule has 3 nitrogen and oxygen atoms in total. The van der Waals surface area contributed by atoms with E-state index in [4.69, 9.17) is 6.57 Å². The molecule has 0 unspecified atom stereocenters. The molecule has 0 aliphatic heterocycles. The SMILES string of the molecule is [C-]#[N+]C(C(=O)O)(C(C)(C)C(C)(C)C)C(C)(C)C(C)(C)C. The Balaban J connectivity index is 6.65. The van der Waals surface area contributed by atoms with Crippen LogP contribution in [0.3, 0.4) is 0 Å². The number of carboxylic acid groups (broad SMARTS) is 1. The van der Waals surface area contributed by atoms with Gasteiger partial charge in [-0.3, -0.25) is 4.85 Å². The highest BCUT2D eigenvalue weighted by atomic mass is 16.4. The smallest absolute Gasteiger partial charge is 0.392 e. The van der Waals surface area contributed by atoms with E-state index < -0.39 is 22.3 Å². The van der Waals surface area contributed by atoms with Crippen molar-refractivity contribution in [2.24, 2.45) is 21.7 Å². The first-order chi connectivity index (χ1) is 8.50. The minimum absolute atomic E-state index is 0.307. The number of rotatable bonds is 3. The summed E-state index contributed by atoms with van der Waals surface area (Å²) >= 11 is 0. The molecule has 116 valence electrons. The molecule has 0 aliphatic rings. The van der Waals surface area contributed by atoms with Crippen LogP contribution >= 0.6 is 0 Å². The summed E-state index contributed by atoms with van der Waals surface area (Å²) < 4.78 is 0. The molecular weight excluding hydrogens is 250 g/mol. The number of carbonyl (C=O) groups is 1. The summed E-state index contributed by atoms with van der Waals surface area (Å²) in [4.78, 5) is 16.0. The largest absolute Gasteiger partial charge is 0.475 e. The zero-order valence-electron chi connectivity index (χ0n) is 14.8. The average molecular weight is 281 g/mol. The second-order valence-electron chi connectivity index (χ2n) is 8.88. The Morgan fingerprint density at radius 2 is 1.05 bits per heavy atom. The van der Waals surface area contributed by atoms with Gasteiger partial charge in [-0.15, -0.1) is 0 Å². The van der Waals surface area contributed by atoms with Crippen LogP contribution < -0.4 is 0 Å². The first-order valence-electron chi connectivity index (χ1n) is 7.12. The minimum Gasteiger partial charge on any atom is -0.475 e. The van der Waals surface area contributed by atoms with Gasteiger partial charge in [-0.25, -0.2) is 11.4 Å². The van der Waals surface area contributed by atoms with E-state index in [0.29, 0.717) is 0 Å². The van der Waals surface area contributed by atoms with Gasteiger partial charge in [0.2, 0.25) is 0 Å². The van der Waals surface area contributed by atoms with Crippen LogP contribution in [0.1, 0.15) is 69.2 Å². The summed E-state index contributed by atoms with van der Waals surface area (Å²) in [6.07, 6.45) is 0. The number of aliphatic carboxylic acids is 1. The Hall–Kier alpha value is -1.04. The first-order valence-corrected chi connectivity index (χ1v) is 7.12.